The minimum absolute atomic E-state index is 0.00564. The number of non-ortho nitro benzene ring substituents is 1. The number of nitro benzene ring substituents is 1. The molecule has 2 rings (SSSR count). The van der Waals surface area contributed by atoms with Gasteiger partial charge in [0.25, 0.3) is 5.69 Å². The van der Waals surface area contributed by atoms with Crippen LogP contribution in [0.15, 0.2) is 52.0 Å². The van der Waals surface area contributed by atoms with E-state index in [1.165, 1.54) is 0 Å². The molecule has 8 heteroatoms. The van der Waals surface area contributed by atoms with Crippen LogP contribution >= 0.6 is 15.9 Å². The molecule has 2 aromatic rings. The number of rotatable bonds is 5. The van der Waals surface area contributed by atoms with E-state index in [1.54, 1.807) is 12.1 Å². The van der Waals surface area contributed by atoms with Crippen LogP contribution in [0.3, 0.4) is 0 Å². The van der Waals surface area contributed by atoms with Gasteiger partial charge in [-0.2, -0.15) is 5.10 Å². The summed E-state index contributed by atoms with van der Waals surface area (Å²) in [6.07, 6.45) is 1.23. The number of nitrogens with zero attached hydrogens (tertiary/aromatic N) is 2. The SMILES string of the molecule is O=C(Cc1ccccc1)N/N=C\c1cc([N+](=O)[O-])cc(Br)c1[O-]. The quantitative estimate of drug-likeness (QED) is 0.489. The Bertz CT molecular complexity index is 763. The van der Waals surface area contributed by atoms with Crippen molar-refractivity contribution >= 4 is 33.7 Å². The standard InChI is InChI=1S/C15H12BrN3O4/c16-13-8-12(19(22)23)7-11(15(13)21)9-17-18-14(20)6-10-4-2-1-3-5-10/h1-5,7-9,21H,6H2,(H,18,20)/p-1/b17-9-. The average molecular weight is 377 g/mol. The number of hydrogen-bond donors (Lipinski definition) is 1. The van der Waals surface area contributed by atoms with Crippen LogP contribution in [0.2, 0.25) is 0 Å². The predicted octanol–water partition coefficient (Wildman–Crippen LogP) is 2.12. The average Bonchev–Trinajstić information content (AvgIpc) is 2.52. The largest absolute Gasteiger partial charge is 0.871 e. The summed E-state index contributed by atoms with van der Waals surface area (Å²) in [5.41, 5.74) is 2.87. The van der Waals surface area contributed by atoms with Gasteiger partial charge in [0.1, 0.15) is 0 Å². The van der Waals surface area contributed by atoms with E-state index in [1.807, 2.05) is 18.2 Å². The molecule has 0 saturated heterocycles. The molecular weight excluding hydrogens is 366 g/mol. The van der Waals surface area contributed by atoms with Crippen molar-refractivity contribution in [3.63, 3.8) is 0 Å². The number of nitrogens with one attached hydrogen (secondary N) is 1. The first-order valence-electron chi connectivity index (χ1n) is 6.48. The van der Waals surface area contributed by atoms with Gasteiger partial charge in [-0.3, -0.25) is 14.9 Å². The summed E-state index contributed by atoms with van der Waals surface area (Å²) in [5.74, 6) is -0.805. The molecular formula is C15H11BrN3O4-. The monoisotopic (exact) mass is 376 g/mol. The maximum absolute atomic E-state index is 11.8. The fourth-order valence-corrected chi connectivity index (χ4v) is 2.26. The van der Waals surface area contributed by atoms with E-state index in [9.17, 15) is 20.0 Å². The molecule has 0 aliphatic carbocycles. The molecule has 0 saturated carbocycles. The highest BCUT2D eigenvalue weighted by molar-refractivity contribution is 9.10. The number of hydrazone groups is 1. The van der Waals surface area contributed by atoms with Crippen LogP contribution in [0.5, 0.6) is 5.75 Å². The number of amides is 1. The zero-order valence-electron chi connectivity index (χ0n) is 11.7. The van der Waals surface area contributed by atoms with Crippen LogP contribution in [-0.4, -0.2) is 17.0 Å². The minimum atomic E-state index is -0.616. The molecule has 0 fully saturated rings. The normalized spacial score (nSPS) is 10.7. The third-order valence-corrected chi connectivity index (χ3v) is 3.46. The summed E-state index contributed by atoms with van der Waals surface area (Å²) in [4.78, 5) is 21.9. The van der Waals surface area contributed by atoms with Crippen molar-refractivity contribution in [1.29, 1.82) is 0 Å². The highest BCUT2D eigenvalue weighted by Crippen LogP contribution is 2.29. The van der Waals surface area contributed by atoms with Crippen molar-refractivity contribution < 1.29 is 14.8 Å². The van der Waals surface area contributed by atoms with E-state index in [4.69, 9.17) is 0 Å². The molecule has 23 heavy (non-hydrogen) atoms. The molecule has 118 valence electrons. The molecule has 0 aliphatic heterocycles. The lowest BCUT2D eigenvalue weighted by Crippen LogP contribution is -2.19. The molecule has 2 aromatic carbocycles. The summed E-state index contributed by atoms with van der Waals surface area (Å²) >= 11 is 2.96. The van der Waals surface area contributed by atoms with Crippen LogP contribution in [0.25, 0.3) is 0 Å². The predicted molar refractivity (Wildman–Crippen MR) is 86.1 cm³/mol. The second-order valence-electron chi connectivity index (χ2n) is 4.56. The highest BCUT2D eigenvalue weighted by atomic mass is 79.9. The molecule has 0 spiro atoms. The number of halogens is 1. The zero-order chi connectivity index (χ0) is 16.8. The van der Waals surface area contributed by atoms with Gasteiger partial charge in [0, 0.05) is 16.6 Å². The minimum Gasteiger partial charge on any atom is -0.871 e. The number of carbonyl (C=O) groups excluding carboxylic acids is 1. The Labute approximate surface area is 139 Å². The lowest BCUT2D eigenvalue weighted by Gasteiger charge is -2.12. The fraction of sp³-hybridized carbons (Fsp3) is 0.0667. The molecule has 1 amide bonds. The van der Waals surface area contributed by atoms with E-state index in [0.717, 1.165) is 23.9 Å². The maximum atomic E-state index is 11.8. The molecule has 0 aromatic heterocycles. The van der Waals surface area contributed by atoms with Gasteiger partial charge in [0.15, 0.2) is 0 Å². The second kappa shape index (κ2) is 7.50. The first-order valence-corrected chi connectivity index (χ1v) is 7.27. The molecule has 1 N–H and O–H groups in total. The Hall–Kier alpha value is -2.74. The van der Waals surface area contributed by atoms with Gasteiger partial charge in [-0.15, -0.1) is 0 Å². The lowest BCUT2D eigenvalue weighted by molar-refractivity contribution is -0.385. The number of hydrogen-bond acceptors (Lipinski definition) is 5. The number of benzene rings is 2. The van der Waals surface area contributed by atoms with E-state index in [0.29, 0.717) is 0 Å². The summed E-state index contributed by atoms with van der Waals surface area (Å²) < 4.78 is 0.0590. The van der Waals surface area contributed by atoms with Crippen molar-refractivity contribution in [3.8, 4) is 5.75 Å². The van der Waals surface area contributed by atoms with Crippen molar-refractivity contribution in [2.24, 2.45) is 5.10 Å². The van der Waals surface area contributed by atoms with Crippen LogP contribution in [-0.2, 0) is 11.2 Å². The molecule has 0 radical (unpaired) electrons. The topological polar surface area (TPSA) is 108 Å². The van der Waals surface area contributed by atoms with Gasteiger partial charge in [0.05, 0.1) is 17.6 Å². The Kier molecular flexibility index (Phi) is 5.42. The third kappa shape index (κ3) is 4.62. The van der Waals surface area contributed by atoms with Gasteiger partial charge in [-0.1, -0.05) is 52.0 Å². The van der Waals surface area contributed by atoms with E-state index in [-0.39, 0.29) is 28.1 Å². The Morgan fingerprint density at radius 2 is 2.00 bits per heavy atom. The van der Waals surface area contributed by atoms with Gasteiger partial charge in [-0.05, 0) is 11.1 Å². The molecule has 0 heterocycles. The smallest absolute Gasteiger partial charge is 0.271 e. The van der Waals surface area contributed by atoms with Gasteiger partial charge in [-0.25, -0.2) is 5.43 Å². The summed E-state index contributed by atoms with van der Waals surface area (Å²) in [7, 11) is 0. The van der Waals surface area contributed by atoms with Gasteiger partial charge in [0.2, 0.25) is 5.91 Å². The van der Waals surface area contributed by atoms with Crippen LogP contribution in [0, 0.1) is 10.1 Å². The lowest BCUT2D eigenvalue weighted by atomic mass is 10.1. The maximum Gasteiger partial charge on any atom is 0.271 e. The Morgan fingerprint density at radius 1 is 1.30 bits per heavy atom. The summed E-state index contributed by atoms with van der Waals surface area (Å²) in [6, 6.07) is 11.3. The summed E-state index contributed by atoms with van der Waals surface area (Å²) in [5, 5.41) is 26.3. The molecule has 0 unspecified atom stereocenters. The Morgan fingerprint density at radius 3 is 2.65 bits per heavy atom. The second-order valence-corrected chi connectivity index (χ2v) is 5.41. The molecule has 7 nitrogen and oxygen atoms in total. The van der Waals surface area contributed by atoms with Crippen LogP contribution in [0.4, 0.5) is 5.69 Å². The molecule has 0 bridgehead atoms. The summed E-state index contributed by atoms with van der Waals surface area (Å²) in [6.45, 7) is 0. The Balaban J connectivity index is 2.05. The fourth-order valence-electron chi connectivity index (χ4n) is 1.80. The van der Waals surface area contributed by atoms with Crippen molar-refractivity contribution in [1.82, 2.24) is 5.43 Å². The van der Waals surface area contributed by atoms with Gasteiger partial charge >= 0.3 is 0 Å². The zero-order valence-corrected chi connectivity index (χ0v) is 13.3. The van der Waals surface area contributed by atoms with E-state index >= 15 is 0 Å². The highest BCUT2D eigenvalue weighted by Gasteiger charge is 2.09. The van der Waals surface area contributed by atoms with E-state index < -0.39 is 10.7 Å². The first-order chi connectivity index (χ1) is 11.0. The van der Waals surface area contributed by atoms with E-state index in [2.05, 4.69) is 26.5 Å². The van der Waals surface area contributed by atoms with Crippen molar-refractivity contribution in [3.05, 3.63) is 68.2 Å². The van der Waals surface area contributed by atoms with Crippen LogP contribution in [0.1, 0.15) is 11.1 Å². The van der Waals surface area contributed by atoms with Crippen molar-refractivity contribution in [2.45, 2.75) is 6.42 Å². The first kappa shape index (κ1) is 16.6. The molecule has 0 aliphatic rings. The third-order valence-electron chi connectivity index (χ3n) is 2.87. The molecule has 0 atom stereocenters. The number of nitro groups is 1. The number of carbonyl (C=O) groups is 1. The van der Waals surface area contributed by atoms with Crippen molar-refractivity contribution in [2.75, 3.05) is 0 Å². The van der Waals surface area contributed by atoms with Crippen LogP contribution < -0.4 is 10.5 Å². The van der Waals surface area contributed by atoms with Gasteiger partial charge < -0.3 is 5.11 Å².